The molecular formula is C8H16CuN6S2. The van der Waals surface area contributed by atoms with Gasteiger partial charge in [-0.05, 0) is 37.8 Å². The average molecular weight is 324 g/mol. The van der Waals surface area contributed by atoms with Crippen LogP contribution in [0.2, 0.25) is 0 Å². The van der Waals surface area contributed by atoms with Gasteiger partial charge in [0.15, 0.2) is 10.2 Å². The molecule has 0 aliphatic carbocycles. The van der Waals surface area contributed by atoms with Crippen molar-refractivity contribution in [1.82, 2.24) is 10.9 Å². The zero-order chi connectivity index (χ0) is 12.6. The largest absolute Gasteiger partial charge is 0.375 e. The van der Waals surface area contributed by atoms with Crippen LogP contribution in [0.15, 0.2) is 10.2 Å². The fraction of sp³-hybridized carbons (Fsp3) is 0.500. The Labute approximate surface area is 122 Å². The number of thiocarbonyl (C=S) groups is 2. The van der Waals surface area contributed by atoms with Gasteiger partial charge < -0.3 is 11.5 Å². The molecule has 9 heteroatoms. The summed E-state index contributed by atoms with van der Waals surface area (Å²) in [7, 11) is 0. The van der Waals surface area contributed by atoms with Gasteiger partial charge in [0.25, 0.3) is 0 Å². The third-order valence-corrected chi connectivity index (χ3v) is 1.72. The van der Waals surface area contributed by atoms with E-state index in [0.29, 0.717) is 5.71 Å². The summed E-state index contributed by atoms with van der Waals surface area (Å²) >= 11 is 9.29. The Morgan fingerprint density at radius 2 is 1.59 bits per heavy atom. The van der Waals surface area contributed by atoms with E-state index in [2.05, 4.69) is 45.5 Å². The normalized spacial score (nSPS) is 11.4. The van der Waals surface area contributed by atoms with Crippen LogP contribution in [-0.2, 0) is 17.1 Å². The summed E-state index contributed by atoms with van der Waals surface area (Å²) in [6.45, 7) is 3.82. The molecule has 101 valence electrons. The third-order valence-electron chi connectivity index (χ3n) is 1.54. The number of nitrogens with two attached hydrogens (primary N) is 2. The van der Waals surface area contributed by atoms with Crippen molar-refractivity contribution in [1.29, 1.82) is 0 Å². The van der Waals surface area contributed by atoms with Gasteiger partial charge in [-0.2, -0.15) is 10.2 Å². The molecule has 0 aromatic rings. The monoisotopic (exact) mass is 323 g/mol. The summed E-state index contributed by atoms with van der Waals surface area (Å²) < 4.78 is 0. The summed E-state index contributed by atoms with van der Waals surface area (Å²) in [5.41, 5.74) is 17.0. The molecule has 0 unspecified atom stereocenters. The summed E-state index contributed by atoms with van der Waals surface area (Å²) in [6, 6.07) is 0. The van der Waals surface area contributed by atoms with Crippen LogP contribution >= 0.6 is 24.4 Å². The first-order valence-corrected chi connectivity index (χ1v) is 5.51. The van der Waals surface area contributed by atoms with Crippen molar-refractivity contribution in [2.45, 2.75) is 26.7 Å². The number of hydrogen-bond acceptors (Lipinski definition) is 4. The first kappa shape index (κ1) is 18.6. The second kappa shape index (κ2) is 10.4. The molecule has 0 atom stereocenters. The average Bonchev–Trinajstić information content (AvgIpc) is 2.20. The van der Waals surface area contributed by atoms with E-state index >= 15 is 0 Å². The zero-order valence-electron chi connectivity index (χ0n) is 9.58. The molecule has 17 heavy (non-hydrogen) atoms. The molecule has 1 radical (unpaired) electrons. The summed E-state index contributed by atoms with van der Waals surface area (Å²) in [6.07, 6.45) is 1.68. The molecule has 0 aliphatic rings. The van der Waals surface area contributed by atoms with E-state index in [1.165, 1.54) is 0 Å². The molecule has 6 nitrogen and oxygen atoms in total. The topological polar surface area (TPSA) is 101 Å². The predicted octanol–water partition coefficient (Wildman–Crippen LogP) is 0.182. The SMILES string of the molecule is CCCC(=NNC(N)=S)C(C)=NNC(N)=S.[Cu]. The maximum absolute atomic E-state index is 5.28. The second-order valence-electron chi connectivity index (χ2n) is 2.96. The van der Waals surface area contributed by atoms with Crippen molar-refractivity contribution in [3.05, 3.63) is 0 Å². The van der Waals surface area contributed by atoms with E-state index in [1.54, 1.807) is 6.92 Å². The second-order valence-corrected chi connectivity index (χ2v) is 3.84. The molecule has 0 spiro atoms. The van der Waals surface area contributed by atoms with Crippen LogP contribution in [0.4, 0.5) is 0 Å². The van der Waals surface area contributed by atoms with Crippen LogP contribution in [-0.4, -0.2) is 21.6 Å². The number of nitrogens with one attached hydrogen (secondary N) is 2. The Morgan fingerprint density at radius 3 is 2.00 bits per heavy atom. The molecule has 0 fully saturated rings. The van der Waals surface area contributed by atoms with Crippen LogP contribution in [0, 0.1) is 0 Å². The Balaban J connectivity index is 0. The predicted molar refractivity (Wildman–Crippen MR) is 75.3 cm³/mol. The van der Waals surface area contributed by atoms with E-state index in [9.17, 15) is 0 Å². The molecule has 0 aromatic heterocycles. The van der Waals surface area contributed by atoms with Crippen LogP contribution in [0.5, 0.6) is 0 Å². The van der Waals surface area contributed by atoms with Crippen LogP contribution < -0.4 is 22.3 Å². The van der Waals surface area contributed by atoms with Gasteiger partial charge >= 0.3 is 0 Å². The molecule has 0 aliphatic heterocycles. The van der Waals surface area contributed by atoms with Gasteiger partial charge in [0.05, 0.1) is 11.4 Å². The van der Waals surface area contributed by atoms with Gasteiger partial charge in [-0.25, -0.2) is 0 Å². The van der Waals surface area contributed by atoms with Crippen molar-refractivity contribution in [3.8, 4) is 0 Å². The zero-order valence-corrected chi connectivity index (χ0v) is 12.2. The molecule has 0 bridgehead atoms. The molecule has 0 saturated carbocycles. The number of nitrogens with zero attached hydrogens (tertiary/aromatic N) is 2. The quantitative estimate of drug-likeness (QED) is 0.249. The van der Waals surface area contributed by atoms with Crippen molar-refractivity contribution in [2.75, 3.05) is 0 Å². The smallest absolute Gasteiger partial charge is 0.184 e. The van der Waals surface area contributed by atoms with Crippen LogP contribution in [0.1, 0.15) is 26.7 Å². The molecule has 0 rings (SSSR count). The van der Waals surface area contributed by atoms with E-state index in [4.69, 9.17) is 11.5 Å². The minimum Gasteiger partial charge on any atom is -0.375 e. The molecule has 0 amide bonds. The van der Waals surface area contributed by atoms with Gasteiger partial charge in [0.1, 0.15) is 0 Å². The molecule has 0 aromatic carbocycles. The Hall–Kier alpha value is -0.761. The Bertz CT molecular complexity index is 328. The summed E-state index contributed by atoms with van der Waals surface area (Å²) in [4.78, 5) is 0. The minimum atomic E-state index is 0. The van der Waals surface area contributed by atoms with E-state index in [1.807, 2.05) is 6.92 Å². The maximum Gasteiger partial charge on any atom is 0.184 e. The van der Waals surface area contributed by atoms with E-state index in [0.717, 1.165) is 18.6 Å². The molecular weight excluding hydrogens is 308 g/mol. The molecule has 0 saturated heterocycles. The van der Waals surface area contributed by atoms with Crippen molar-refractivity contribution in [2.24, 2.45) is 21.7 Å². The maximum atomic E-state index is 5.28. The Morgan fingerprint density at radius 1 is 1.12 bits per heavy atom. The standard InChI is InChI=1S/C8H16N6S2.Cu/c1-3-4-6(12-14-8(10)16)5(2)11-13-7(9)15;/h3-4H2,1-2H3,(H3,9,13,15)(H3,10,14,16);. The van der Waals surface area contributed by atoms with Gasteiger partial charge in [-0.1, -0.05) is 13.3 Å². The summed E-state index contributed by atoms with van der Waals surface area (Å²) in [5, 5.41) is 8.23. The fourth-order valence-corrected chi connectivity index (χ4v) is 0.972. The summed E-state index contributed by atoms with van der Waals surface area (Å²) in [5.74, 6) is 0. The van der Waals surface area contributed by atoms with Crippen molar-refractivity contribution < 1.29 is 17.1 Å². The van der Waals surface area contributed by atoms with Gasteiger partial charge in [-0.3, -0.25) is 10.9 Å². The van der Waals surface area contributed by atoms with Gasteiger partial charge in [0.2, 0.25) is 0 Å². The minimum absolute atomic E-state index is 0. The Kier molecular flexibility index (Phi) is 11.4. The third kappa shape index (κ3) is 10.1. The first-order valence-electron chi connectivity index (χ1n) is 4.69. The number of hydrazone groups is 2. The number of rotatable bonds is 5. The van der Waals surface area contributed by atoms with E-state index < -0.39 is 0 Å². The molecule has 6 N–H and O–H groups in total. The number of hydrogen-bond donors (Lipinski definition) is 4. The first-order chi connectivity index (χ1) is 7.47. The van der Waals surface area contributed by atoms with Gasteiger partial charge in [0, 0.05) is 17.1 Å². The van der Waals surface area contributed by atoms with Crippen LogP contribution in [0.25, 0.3) is 0 Å². The van der Waals surface area contributed by atoms with Crippen LogP contribution in [0.3, 0.4) is 0 Å². The fourth-order valence-electron chi connectivity index (χ4n) is 0.881. The van der Waals surface area contributed by atoms with Crippen molar-refractivity contribution >= 4 is 46.1 Å². The van der Waals surface area contributed by atoms with Crippen molar-refractivity contribution in [3.63, 3.8) is 0 Å². The van der Waals surface area contributed by atoms with Gasteiger partial charge in [-0.15, -0.1) is 0 Å². The van der Waals surface area contributed by atoms with E-state index in [-0.39, 0.29) is 27.3 Å². The molecule has 0 heterocycles.